The highest BCUT2D eigenvalue weighted by Gasteiger charge is 2.33. The van der Waals surface area contributed by atoms with Gasteiger partial charge in [0.05, 0.1) is 10.7 Å². The van der Waals surface area contributed by atoms with Crippen LogP contribution < -0.4 is 5.73 Å². The highest BCUT2D eigenvalue weighted by molar-refractivity contribution is 7.12. The third kappa shape index (κ3) is 2.08. The van der Waals surface area contributed by atoms with Gasteiger partial charge < -0.3 is 5.73 Å². The molecule has 0 saturated heterocycles. The average molecular weight is 224 g/mol. The van der Waals surface area contributed by atoms with E-state index in [-0.39, 0.29) is 6.04 Å². The van der Waals surface area contributed by atoms with Crippen molar-refractivity contribution in [2.45, 2.75) is 52.5 Å². The zero-order valence-electron chi connectivity index (χ0n) is 10.0. The molecule has 0 amide bonds. The molecule has 1 aromatic rings. The zero-order valence-corrected chi connectivity index (χ0v) is 10.8. The Bertz CT molecular complexity index is 366. The smallest absolute Gasteiger partial charge is 0.0957 e. The van der Waals surface area contributed by atoms with E-state index >= 15 is 0 Å². The van der Waals surface area contributed by atoms with Crippen molar-refractivity contribution in [2.24, 2.45) is 11.1 Å². The molecule has 1 atom stereocenters. The van der Waals surface area contributed by atoms with Crippen LogP contribution in [0.3, 0.4) is 0 Å². The molecule has 1 aromatic heterocycles. The van der Waals surface area contributed by atoms with Crippen molar-refractivity contribution in [2.75, 3.05) is 0 Å². The van der Waals surface area contributed by atoms with Crippen LogP contribution in [0.5, 0.6) is 0 Å². The molecule has 84 valence electrons. The molecule has 0 radical (unpaired) electrons. The number of rotatable bonds is 1. The van der Waals surface area contributed by atoms with Gasteiger partial charge in [0.1, 0.15) is 0 Å². The lowest BCUT2D eigenvalue weighted by atomic mass is 9.77. The molecule has 0 aliphatic heterocycles. The Kier molecular flexibility index (Phi) is 2.63. The molecule has 1 heterocycles. The summed E-state index contributed by atoms with van der Waals surface area (Å²) in [4.78, 5) is 6.07. The number of nitrogens with zero attached hydrogens (tertiary/aromatic N) is 1. The van der Waals surface area contributed by atoms with Crippen molar-refractivity contribution in [3.8, 4) is 0 Å². The van der Waals surface area contributed by atoms with E-state index in [9.17, 15) is 0 Å². The van der Waals surface area contributed by atoms with Crippen LogP contribution in [0.4, 0.5) is 0 Å². The molecule has 2 N–H and O–H groups in total. The second kappa shape index (κ2) is 3.56. The Morgan fingerprint density at radius 1 is 1.47 bits per heavy atom. The molecule has 0 saturated carbocycles. The van der Waals surface area contributed by atoms with Gasteiger partial charge in [-0.05, 0) is 18.3 Å². The first-order valence-electron chi connectivity index (χ1n) is 5.64. The summed E-state index contributed by atoms with van der Waals surface area (Å²) in [6.07, 6.45) is 2.17. The minimum atomic E-state index is 0.203. The second-order valence-corrected chi connectivity index (χ2v) is 6.73. The molecule has 1 aliphatic carbocycles. The first-order valence-corrected chi connectivity index (χ1v) is 6.46. The lowest BCUT2D eigenvalue weighted by Gasteiger charge is -2.32. The first-order chi connectivity index (χ1) is 6.89. The Hall–Kier alpha value is -0.410. The molecule has 0 aromatic carbocycles. The molecule has 2 nitrogen and oxygen atoms in total. The maximum atomic E-state index is 6.21. The normalized spacial score (nSPS) is 24.3. The fourth-order valence-corrected chi connectivity index (χ4v) is 3.35. The van der Waals surface area contributed by atoms with Crippen molar-refractivity contribution < 1.29 is 0 Å². The van der Waals surface area contributed by atoms with Crippen molar-refractivity contribution in [3.63, 3.8) is 0 Å². The highest BCUT2D eigenvalue weighted by Crippen LogP contribution is 2.42. The van der Waals surface area contributed by atoms with Crippen LogP contribution in [0, 0.1) is 5.41 Å². The monoisotopic (exact) mass is 224 g/mol. The maximum absolute atomic E-state index is 6.21. The summed E-state index contributed by atoms with van der Waals surface area (Å²) in [5, 5.41) is 1.24. The van der Waals surface area contributed by atoms with Gasteiger partial charge in [-0.15, -0.1) is 11.3 Å². The Morgan fingerprint density at radius 2 is 2.13 bits per heavy atom. The number of hydrogen-bond donors (Lipinski definition) is 1. The van der Waals surface area contributed by atoms with Crippen molar-refractivity contribution >= 4 is 11.3 Å². The fraction of sp³-hybridized carbons (Fsp3) is 0.750. The molecule has 0 spiro atoms. The largest absolute Gasteiger partial charge is 0.323 e. The van der Waals surface area contributed by atoms with Gasteiger partial charge in [0, 0.05) is 16.8 Å². The van der Waals surface area contributed by atoms with Gasteiger partial charge >= 0.3 is 0 Å². The van der Waals surface area contributed by atoms with E-state index in [1.165, 1.54) is 15.6 Å². The fourth-order valence-electron chi connectivity index (χ4n) is 2.26. The van der Waals surface area contributed by atoms with E-state index in [0.29, 0.717) is 11.3 Å². The van der Waals surface area contributed by atoms with Crippen LogP contribution in [0.2, 0.25) is 0 Å². The van der Waals surface area contributed by atoms with Crippen LogP contribution in [0.25, 0.3) is 0 Å². The van der Waals surface area contributed by atoms with Crippen LogP contribution in [0.1, 0.15) is 61.7 Å². The molecule has 0 bridgehead atoms. The van der Waals surface area contributed by atoms with Gasteiger partial charge in [0.25, 0.3) is 0 Å². The summed E-state index contributed by atoms with van der Waals surface area (Å²) in [7, 11) is 0. The van der Waals surface area contributed by atoms with Crippen molar-refractivity contribution in [1.82, 2.24) is 4.98 Å². The average Bonchev–Trinajstić information content (AvgIpc) is 2.45. The van der Waals surface area contributed by atoms with Crippen molar-refractivity contribution in [3.05, 3.63) is 15.6 Å². The Balaban J connectivity index is 2.38. The summed E-state index contributed by atoms with van der Waals surface area (Å²) in [6, 6.07) is 0.203. The molecular weight excluding hydrogens is 204 g/mol. The maximum Gasteiger partial charge on any atom is 0.0957 e. The predicted octanol–water partition coefficient (Wildman–Crippen LogP) is 3.24. The summed E-state index contributed by atoms with van der Waals surface area (Å²) in [5.74, 6) is 0.524. The van der Waals surface area contributed by atoms with Gasteiger partial charge in [-0.25, -0.2) is 4.98 Å². The molecule has 0 fully saturated rings. The minimum absolute atomic E-state index is 0.203. The first kappa shape index (κ1) is 11.1. The Labute approximate surface area is 95.9 Å². The summed E-state index contributed by atoms with van der Waals surface area (Å²) in [5.41, 5.74) is 7.78. The zero-order chi connectivity index (χ0) is 11.2. The van der Waals surface area contributed by atoms with Gasteiger partial charge in [0.15, 0.2) is 0 Å². The van der Waals surface area contributed by atoms with Gasteiger partial charge in [-0.2, -0.15) is 0 Å². The standard InChI is InChI=1S/C12H20N2S/c1-7(2)11-14-9-6-12(3,4)5-8(13)10(9)15-11/h7-8H,5-6,13H2,1-4H3. The highest BCUT2D eigenvalue weighted by atomic mass is 32.1. The topological polar surface area (TPSA) is 38.9 Å². The quantitative estimate of drug-likeness (QED) is 0.795. The third-order valence-electron chi connectivity index (χ3n) is 2.99. The minimum Gasteiger partial charge on any atom is -0.323 e. The van der Waals surface area contributed by atoms with E-state index in [1.54, 1.807) is 0 Å². The third-order valence-corrected chi connectivity index (χ3v) is 4.52. The van der Waals surface area contributed by atoms with Crippen molar-refractivity contribution in [1.29, 1.82) is 0 Å². The molecule has 2 rings (SSSR count). The number of thiazole rings is 1. The number of hydrogen-bond acceptors (Lipinski definition) is 3. The Morgan fingerprint density at radius 3 is 2.73 bits per heavy atom. The van der Waals surface area contributed by atoms with Gasteiger partial charge in [-0.3, -0.25) is 0 Å². The number of fused-ring (bicyclic) bond motifs is 1. The molecule has 1 unspecified atom stereocenters. The van der Waals surface area contributed by atoms with E-state index in [1.807, 2.05) is 11.3 Å². The van der Waals surface area contributed by atoms with Gasteiger partial charge in [0.2, 0.25) is 0 Å². The van der Waals surface area contributed by atoms with Crippen LogP contribution in [-0.4, -0.2) is 4.98 Å². The summed E-state index contributed by atoms with van der Waals surface area (Å²) >= 11 is 1.82. The lowest BCUT2D eigenvalue weighted by molar-refractivity contribution is 0.282. The molecular formula is C12H20N2S. The predicted molar refractivity (Wildman–Crippen MR) is 65.2 cm³/mol. The number of nitrogens with two attached hydrogens (primary N) is 1. The summed E-state index contributed by atoms with van der Waals surface area (Å²) in [6.45, 7) is 8.95. The van der Waals surface area contributed by atoms with Crippen LogP contribution in [0.15, 0.2) is 0 Å². The second-order valence-electron chi connectivity index (χ2n) is 5.67. The van der Waals surface area contributed by atoms with Crippen LogP contribution >= 0.6 is 11.3 Å². The SMILES string of the molecule is CC(C)c1nc2c(s1)C(N)CC(C)(C)C2. The van der Waals surface area contributed by atoms with Crippen LogP contribution in [-0.2, 0) is 6.42 Å². The molecule has 3 heteroatoms. The van der Waals surface area contributed by atoms with E-state index in [4.69, 9.17) is 10.7 Å². The van der Waals surface area contributed by atoms with Gasteiger partial charge in [-0.1, -0.05) is 27.7 Å². The summed E-state index contributed by atoms with van der Waals surface area (Å²) < 4.78 is 0. The van der Waals surface area contributed by atoms with E-state index in [2.05, 4.69) is 27.7 Å². The lowest BCUT2D eigenvalue weighted by Crippen LogP contribution is -2.28. The van der Waals surface area contributed by atoms with E-state index in [0.717, 1.165) is 12.8 Å². The molecule has 15 heavy (non-hydrogen) atoms. The van der Waals surface area contributed by atoms with E-state index < -0.39 is 0 Å². The number of aromatic nitrogens is 1. The molecule has 1 aliphatic rings.